The van der Waals surface area contributed by atoms with Gasteiger partial charge >= 0.3 is 0 Å². The second-order valence-corrected chi connectivity index (χ2v) is 4.87. The summed E-state index contributed by atoms with van der Waals surface area (Å²) < 4.78 is 0. The lowest BCUT2D eigenvalue weighted by atomic mass is 9.70. The third kappa shape index (κ3) is 1.00. The van der Waals surface area contributed by atoms with E-state index in [1.165, 1.54) is 31.2 Å². The van der Waals surface area contributed by atoms with Crippen LogP contribution in [0.3, 0.4) is 0 Å². The Balaban J connectivity index is 2.18. The SMILES string of the molecule is CC12CCC=C1c1ccccc1CC2. The van der Waals surface area contributed by atoms with Gasteiger partial charge in [-0.3, -0.25) is 0 Å². The minimum Gasteiger partial charge on any atom is -0.0801 e. The van der Waals surface area contributed by atoms with Gasteiger partial charge in [0.05, 0.1) is 0 Å². The van der Waals surface area contributed by atoms with E-state index in [2.05, 4.69) is 37.3 Å². The molecule has 1 atom stereocenters. The van der Waals surface area contributed by atoms with E-state index in [-0.39, 0.29) is 0 Å². The lowest BCUT2D eigenvalue weighted by Gasteiger charge is -2.34. The molecule has 1 aromatic rings. The maximum Gasteiger partial charge on any atom is -0.00663 e. The fourth-order valence-corrected chi connectivity index (χ4v) is 3.02. The number of hydrogen-bond acceptors (Lipinski definition) is 0. The minimum absolute atomic E-state index is 0.494. The van der Waals surface area contributed by atoms with Gasteiger partial charge in [0.15, 0.2) is 0 Å². The number of aryl methyl sites for hydroxylation is 1. The van der Waals surface area contributed by atoms with E-state index in [9.17, 15) is 0 Å². The molecule has 0 aromatic heterocycles. The fourth-order valence-electron chi connectivity index (χ4n) is 3.02. The highest BCUT2D eigenvalue weighted by molar-refractivity contribution is 5.75. The standard InChI is InChI=1S/C14H16/c1-14-9-4-7-13(14)12-6-3-2-5-11(12)8-10-14/h2-3,5-7H,4,8-10H2,1H3. The number of hydrogen-bond donors (Lipinski definition) is 0. The van der Waals surface area contributed by atoms with Crippen molar-refractivity contribution in [2.75, 3.05) is 0 Å². The quantitative estimate of drug-likeness (QED) is 0.575. The Bertz CT molecular complexity index is 400. The van der Waals surface area contributed by atoms with Crippen molar-refractivity contribution in [2.24, 2.45) is 5.41 Å². The summed E-state index contributed by atoms with van der Waals surface area (Å²) in [6.07, 6.45) is 7.70. The zero-order valence-corrected chi connectivity index (χ0v) is 8.72. The van der Waals surface area contributed by atoms with E-state index in [1.807, 2.05) is 0 Å². The summed E-state index contributed by atoms with van der Waals surface area (Å²) >= 11 is 0. The van der Waals surface area contributed by atoms with E-state index in [0.29, 0.717) is 5.41 Å². The molecule has 0 saturated heterocycles. The van der Waals surface area contributed by atoms with Crippen molar-refractivity contribution in [3.63, 3.8) is 0 Å². The molecule has 0 amide bonds. The molecule has 1 aromatic carbocycles. The van der Waals surface area contributed by atoms with Gasteiger partial charge in [-0.25, -0.2) is 0 Å². The molecule has 0 heterocycles. The van der Waals surface area contributed by atoms with Crippen molar-refractivity contribution in [2.45, 2.75) is 32.6 Å². The zero-order valence-electron chi connectivity index (χ0n) is 8.72. The first kappa shape index (κ1) is 8.28. The molecule has 0 radical (unpaired) electrons. The van der Waals surface area contributed by atoms with Gasteiger partial charge in [-0.05, 0) is 47.8 Å². The van der Waals surface area contributed by atoms with Crippen LogP contribution in [-0.2, 0) is 6.42 Å². The Hall–Kier alpha value is -1.04. The topological polar surface area (TPSA) is 0 Å². The lowest BCUT2D eigenvalue weighted by molar-refractivity contribution is 0.390. The number of fused-ring (bicyclic) bond motifs is 3. The molecule has 0 N–H and O–H groups in total. The van der Waals surface area contributed by atoms with Crippen LogP contribution in [0.2, 0.25) is 0 Å². The summed E-state index contributed by atoms with van der Waals surface area (Å²) in [7, 11) is 0. The zero-order chi connectivity index (χ0) is 9.60. The highest BCUT2D eigenvalue weighted by atomic mass is 14.4. The van der Waals surface area contributed by atoms with E-state index < -0.39 is 0 Å². The van der Waals surface area contributed by atoms with E-state index in [4.69, 9.17) is 0 Å². The van der Waals surface area contributed by atoms with Crippen molar-refractivity contribution >= 4 is 5.57 Å². The van der Waals surface area contributed by atoms with E-state index in [1.54, 1.807) is 11.1 Å². The van der Waals surface area contributed by atoms with Crippen molar-refractivity contribution in [1.29, 1.82) is 0 Å². The van der Waals surface area contributed by atoms with Crippen molar-refractivity contribution < 1.29 is 0 Å². The van der Waals surface area contributed by atoms with Crippen LogP contribution < -0.4 is 0 Å². The van der Waals surface area contributed by atoms with Gasteiger partial charge in [0, 0.05) is 0 Å². The van der Waals surface area contributed by atoms with Crippen LogP contribution in [0.15, 0.2) is 30.3 Å². The Morgan fingerprint density at radius 2 is 2.00 bits per heavy atom. The summed E-state index contributed by atoms with van der Waals surface area (Å²) in [6, 6.07) is 8.92. The van der Waals surface area contributed by atoms with Crippen LogP contribution in [0.1, 0.15) is 37.3 Å². The normalized spacial score (nSPS) is 29.4. The highest BCUT2D eigenvalue weighted by Crippen LogP contribution is 2.51. The Morgan fingerprint density at radius 1 is 1.14 bits per heavy atom. The van der Waals surface area contributed by atoms with Gasteiger partial charge in [-0.15, -0.1) is 0 Å². The van der Waals surface area contributed by atoms with Crippen LogP contribution in [0.5, 0.6) is 0 Å². The first-order valence-corrected chi connectivity index (χ1v) is 5.58. The second kappa shape index (κ2) is 2.73. The number of rotatable bonds is 0. The largest absolute Gasteiger partial charge is 0.0801 e. The predicted octanol–water partition coefficient (Wildman–Crippen LogP) is 3.82. The van der Waals surface area contributed by atoms with Crippen LogP contribution in [0.25, 0.3) is 5.57 Å². The summed E-state index contributed by atoms with van der Waals surface area (Å²) in [5.41, 5.74) is 5.20. The van der Waals surface area contributed by atoms with Crippen LogP contribution >= 0.6 is 0 Å². The Labute approximate surface area is 85.6 Å². The molecule has 72 valence electrons. The van der Waals surface area contributed by atoms with Gasteiger partial charge in [0.1, 0.15) is 0 Å². The van der Waals surface area contributed by atoms with Crippen LogP contribution in [-0.4, -0.2) is 0 Å². The van der Waals surface area contributed by atoms with Gasteiger partial charge in [-0.1, -0.05) is 37.3 Å². The fraction of sp³-hybridized carbons (Fsp3) is 0.429. The maximum absolute atomic E-state index is 2.46. The average molecular weight is 184 g/mol. The predicted molar refractivity (Wildman–Crippen MR) is 60.1 cm³/mol. The van der Waals surface area contributed by atoms with Gasteiger partial charge < -0.3 is 0 Å². The van der Waals surface area contributed by atoms with Crippen LogP contribution in [0, 0.1) is 5.41 Å². The maximum atomic E-state index is 2.46. The van der Waals surface area contributed by atoms with Crippen LogP contribution in [0.4, 0.5) is 0 Å². The summed E-state index contributed by atoms with van der Waals surface area (Å²) in [6.45, 7) is 2.43. The molecule has 0 spiro atoms. The molecule has 0 heteroatoms. The number of allylic oxidation sites excluding steroid dienone is 2. The summed E-state index contributed by atoms with van der Waals surface area (Å²) in [4.78, 5) is 0. The van der Waals surface area contributed by atoms with Crippen molar-refractivity contribution in [3.05, 3.63) is 41.5 Å². The molecule has 1 unspecified atom stereocenters. The molecule has 2 aliphatic rings. The lowest BCUT2D eigenvalue weighted by Crippen LogP contribution is -2.21. The molecule has 0 bridgehead atoms. The van der Waals surface area contributed by atoms with Crippen molar-refractivity contribution in [3.8, 4) is 0 Å². The van der Waals surface area contributed by atoms with Gasteiger partial charge in [0.25, 0.3) is 0 Å². The van der Waals surface area contributed by atoms with E-state index in [0.717, 1.165) is 0 Å². The molecule has 2 aliphatic carbocycles. The molecule has 14 heavy (non-hydrogen) atoms. The second-order valence-electron chi connectivity index (χ2n) is 4.87. The third-order valence-corrected chi connectivity index (χ3v) is 3.95. The summed E-state index contributed by atoms with van der Waals surface area (Å²) in [5, 5.41) is 0. The van der Waals surface area contributed by atoms with E-state index >= 15 is 0 Å². The molecular formula is C14H16. The molecule has 0 nitrogen and oxygen atoms in total. The Kier molecular flexibility index (Phi) is 1.61. The minimum atomic E-state index is 0.494. The molecular weight excluding hydrogens is 168 g/mol. The third-order valence-electron chi connectivity index (χ3n) is 3.95. The summed E-state index contributed by atoms with van der Waals surface area (Å²) in [5.74, 6) is 0. The molecule has 3 rings (SSSR count). The highest BCUT2D eigenvalue weighted by Gasteiger charge is 2.36. The smallest absolute Gasteiger partial charge is 0.00663 e. The first-order chi connectivity index (χ1) is 6.80. The monoisotopic (exact) mass is 184 g/mol. The Morgan fingerprint density at radius 3 is 2.93 bits per heavy atom. The number of benzene rings is 1. The molecule has 0 fully saturated rings. The first-order valence-electron chi connectivity index (χ1n) is 5.58. The molecule has 0 saturated carbocycles. The van der Waals surface area contributed by atoms with Gasteiger partial charge in [0.2, 0.25) is 0 Å². The average Bonchev–Trinajstić information content (AvgIpc) is 2.60. The molecule has 0 aliphatic heterocycles. The van der Waals surface area contributed by atoms with Gasteiger partial charge in [-0.2, -0.15) is 0 Å². The van der Waals surface area contributed by atoms with Crippen molar-refractivity contribution in [1.82, 2.24) is 0 Å².